The monoisotopic (exact) mass is 601 g/mol. The Morgan fingerprint density at radius 3 is 2.62 bits per heavy atom. The molecule has 4 aromatic rings. The summed E-state index contributed by atoms with van der Waals surface area (Å²) in [6, 6.07) is 18.6. The third-order valence-electron chi connectivity index (χ3n) is 7.44. The van der Waals surface area contributed by atoms with Crippen molar-refractivity contribution in [2.24, 2.45) is 0 Å². The number of aliphatic hydroxyl groups excluding tert-OH is 1. The lowest BCUT2D eigenvalue weighted by molar-refractivity contribution is -0.132. The summed E-state index contributed by atoms with van der Waals surface area (Å²) in [4.78, 5) is 28.5. The average molecular weight is 602 g/mol. The van der Waals surface area contributed by atoms with Crippen LogP contribution in [-0.2, 0) is 21.8 Å². The smallest absolute Gasteiger partial charge is 0.301 e. The van der Waals surface area contributed by atoms with Gasteiger partial charge in [-0.15, -0.1) is 10.2 Å². The molecule has 0 unspecified atom stereocenters. The van der Waals surface area contributed by atoms with Gasteiger partial charge in [-0.3, -0.25) is 14.5 Å². The highest BCUT2D eigenvalue weighted by molar-refractivity contribution is 8.00. The summed E-state index contributed by atoms with van der Waals surface area (Å²) in [5, 5.41) is 20.2. The lowest BCUT2D eigenvalue weighted by Crippen LogP contribution is -2.29. The van der Waals surface area contributed by atoms with Crippen molar-refractivity contribution >= 4 is 45.7 Å². The van der Waals surface area contributed by atoms with Crippen LogP contribution in [0.2, 0.25) is 0 Å². The molecule has 1 N–H and O–H groups in total. The molecule has 1 amide bonds. The number of thioether (sulfide) groups is 1. The Bertz CT molecular complexity index is 1720. The van der Waals surface area contributed by atoms with Gasteiger partial charge < -0.3 is 9.84 Å². The Labute approximate surface area is 251 Å². The molecule has 10 heteroatoms. The van der Waals surface area contributed by atoms with Crippen LogP contribution in [0.15, 0.2) is 76.6 Å². The van der Waals surface area contributed by atoms with E-state index < -0.39 is 17.7 Å². The molecule has 1 fully saturated rings. The fourth-order valence-electron chi connectivity index (χ4n) is 5.25. The van der Waals surface area contributed by atoms with Crippen molar-refractivity contribution < 1.29 is 23.8 Å². The van der Waals surface area contributed by atoms with Crippen molar-refractivity contribution in [1.82, 2.24) is 10.2 Å². The molecule has 0 aliphatic carbocycles. The van der Waals surface area contributed by atoms with E-state index in [9.17, 15) is 19.1 Å². The maximum Gasteiger partial charge on any atom is 0.301 e. The van der Waals surface area contributed by atoms with Gasteiger partial charge >= 0.3 is 5.91 Å². The number of Topliss-reactive ketones (excluding diaryl/α,β-unsaturated/α-hetero) is 1. The van der Waals surface area contributed by atoms with Crippen molar-refractivity contribution in [3.63, 3.8) is 0 Å². The molecule has 2 aliphatic rings. The zero-order chi connectivity index (χ0) is 29.5. The minimum absolute atomic E-state index is 0.0139. The van der Waals surface area contributed by atoms with Crippen LogP contribution in [-0.4, -0.2) is 33.1 Å². The number of benzene rings is 3. The van der Waals surface area contributed by atoms with Crippen LogP contribution in [0, 0.1) is 5.82 Å². The van der Waals surface area contributed by atoms with E-state index in [0.29, 0.717) is 39.1 Å². The number of hydrogen-bond donors (Lipinski definition) is 1. The summed E-state index contributed by atoms with van der Waals surface area (Å²) in [7, 11) is 0. The van der Waals surface area contributed by atoms with Crippen LogP contribution in [0.3, 0.4) is 0 Å². The van der Waals surface area contributed by atoms with Gasteiger partial charge in [0, 0.05) is 17.7 Å². The molecule has 0 radical (unpaired) electrons. The van der Waals surface area contributed by atoms with E-state index in [0.717, 1.165) is 28.2 Å². The third kappa shape index (κ3) is 5.20. The van der Waals surface area contributed by atoms with Crippen molar-refractivity contribution in [3.05, 3.63) is 106 Å². The van der Waals surface area contributed by atoms with Gasteiger partial charge in [0.1, 0.15) is 23.4 Å². The number of anilines is 1. The number of carbonyl (C=O) groups excluding carboxylic acids is 2. The van der Waals surface area contributed by atoms with Gasteiger partial charge in [0.2, 0.25) is 5.13 Å². The molecule has 7 nitrogen and oxygen atoms in total. The van der Waals surface area contributed by atoms with E-state index >= 15 is 0 Å². The molecule has 0 saturated carbocycles. The summed E-state index contributed by atoms with van der Waals surface area (Å²) >= 11 is 2.44. The fourth-order valence-corrected chi connectivity index (χ4v) is 7.10. The van der Waals surface area contributed by atoms with E-state index in [-0.39, 0.29) is 28.4 Å². The minimum atomic E-state index is -0.910. The summed E-state index contributed by atoms with van der Waals surface area (Å²) in [5.41, 5.74) is 3.64. The van der Waals surface area contributed by atoms with Crippen LogP contribution in [0.5, 0.6) is 5.75 Å². The number of halogens is 1. The molecular weight excluding hydrogens is 574 g/mol. The van der Waals surface area contributed by atoms with Gasteiger partial charge in [-0.05, 0) is 59.4 Å². The second-order valence-corrected chi connectivity index (χ2v) is 12.9. The molecule has 0 bridgehead atoms. The fraction of sp³-hybridized carbons (Fsp3) is 0.250. The standard InChI is InChI=1S/C32H28FN3O4S2/c1-17(2)19-8-10-20(11-9-19)27-26(28(37)21-12-13-25-23(15-21)14-18(3)40-25)29(38)30(39)36(27)31-34-35-32(42-31)41-16-22-6-4-5-7-24(22)33/h4-13,15,17-18,27,37H,14,16H2,1-3H3/b28-26+/t18-,27+/m0/s1. The zero-order valence-electron chi connectivity index (χ0n) is 23.2. The van der Waals surface area contributed by atoms with Crippen molar-refractivity contribution in [3.8, 4) is 5.75 Å². The Balaban J connectivity index is 1.40. The number of rotatable bonds is 7. The predicted octanol–water partition coefficient (Wildman–Crippen LogP) is 7.04. The minimum Gasteiger partial charge on any atom is -0.507 e. The molecule has 2 aliphatic heterocycles. The Morgan fingerprint density at radius 1 is 1.12 bits per heavy atom. The van der Waals surface area contributed by atoms with E-state index in [1.807, 2.05) is 37.3 Å². The molecular formula is C32H28FN3O4S2. The number of ketones is 1. The number of fused-ring (bicyclic) bond motifs is 1. The molecule has 0 spiro atoms. The Hall–Kier alpha value is -4.02. The van der Waals surface area contributed by atoms with Crippen molar-refractivity contribution in [2.45, 2.75) is 55.3 Å². The number of amides is 1. The number of carbonyl (C=O) groups is 2. The maximum atomic E-state index is 14.1. The number of aliphatic hydroxyl groups is 1. The highest BCUT2D eigenvalue weighted by Crippen LogP contribution is 2.45. The predicted molar refractivity (Wildman–Crippen MR) is 161 cm³/mol. The van der Waals surface area contributed by atoms with Gasteiger partial charge in [0.15, 0.2) is 4.34 Å². The first kappa shape index (κ1) is 28.1. The number of aromatic nitrogens is 2. The molecule has 214 valence electrons. The van der Waals surface area contributed by atoms with Gasteiger partial charge in [0.05, 0.1) is 11.6 Å². The van der Waals surface area contributed by atoms with Gasteiger partial charge in [-0.1, -0.05) is 79.4 Å². The molecule has 42 heavy (non-hydrogen) atoms. The van der Waals surface area contributed by atoms with Crippen molar-refractivity contribution in [2.75, 3.05) is 4.90 Å². The lowest BCUT2D eigenvalue weighted by Gasteiger charge is -2.23. The molecule has 3 aromatic carbocycles. The highest BCUT2D eigenvalue weighted by Gasteiger charge is 2.48. The molecule has 2 atom stereocenters. The van der Waals surface area contributed by atoms with Crippen LogP contribution >= 0.6 is 23.1 Å². The molecule has 6 rings (SSSR count). The average Bonchev–Trinajstić information content (AvgIpc) is 3.67. The lowest BCUT2D eigenvalue weighted by atomic mass is 9.93. The number of ether oxygens (including phenoxy) is 1. The van der Waals surface area contributed by atoms with Crippen molar-refractivity contribution in [1.29, 1.82) is 0 Å². The van der Waals surface area contributed by atoms with E-state index in [1.165, 1.54) is 22.7 Å². The van der Waals surface area contributed by atoms with Gasteiger partial charge in [0.25, 0.3) is 5.78 Å². The summed E-state index contributed by atoms with van der Waals surface area (Å²) in [6.45, 7) is 6.14. The maximum absolute atomic E-state index is 14.1. The molecule has 1 aromatic heterocycles. The number of nitrogens with zero attached hydrogens (tertiary/aromatic N) is 3. The first-order chi connectivity index (χ1) is 20.2. The van der Waals surface area contributed by atoms with Gasteiger partial charge in [-0.2, -0.15) is 0 Å². The highest BCUT2D eigenvalue weighted by atomic mass is 32.2. The normalized spacial score (nSPS) is 19.4. The molecule has 1 saturated heterocycles. The summed E-state index contributed by atoms with van der Waals surface area (Å²) < 4.78 is 20.5. The summed E-state index contributed by atoms with van der Waals surface area (Å²) in [6.07, 6.45) is 0.702. The van der Waals surface area contributed by atoms with Gasteiger partial charge in [-0.25, -0.2) is 4.39 Å². The quantitative estimate of drug-likeness (QED) is 0.0798. The Kier molecular flexibility index (Phi) is 7.59. The van der Waals surface area contributed by atoms with Crippen LogP contribution in [0.4, 0.5) is 9.52 Å². The topological polar surface area (TPSA) is 92.6 Å². The second kappa shape index (κ2) is 11.3. The SMILES string of the molecule is CC(C)c1ccc([C@@H]2/C(=C(\O)c3ccc4c(c3)C[C@H](C)O4)C(=O)C(=O)N2c2nnc(SCc3ccccc3F)s2)cc1. The van der Waals surface area contributed by atoms with E-state index in [4.69, 9.17) is 4.74 Å². The summed E-state index contributed by atoms with van der Waals surface area (Å²) in [5.74, 6) is -0.789. The van der Waals surface area contributed by atoms with Crippen LogP contribution in [0.1, 0.15) is 60.5 Å². The number of hydrogen-bond acceptors (Lipinski definition) is 8. The van der Waals surface area contributed by atoms with E-state index in [2.05, 4.69) is 24.0 Å². The first-order valence-corrected chi connectivity index (χ1v) is 15.4. The Morgan fingerprint density at radius 2 is 1.88 bits per heavy atom. The molecule has 3 heterocycles. The third-order valence-corrected chi connectivity index (χ3v) is 9.55. The van der Waals surface area contributed by atoms with Crippen LogP contribution in [0.25, 0.3) is 5.76 Å². The van der Waals surface area contributed by atoms with Crippen LogP contribution < -0.4 is 9.64 Å². The van der Waals surface area contributed by atoms with E-state index in [1.54, 1.807) is 30.3 Å². The first-order valence-electron chi connectivity index (χ1n) is 13.6. The zero-order valence-corrected chi connectivity index (χ0v) is 24.8. The largest absolute Gasteiger partial charge is 0.507 e. The second-order valence-electron chi connectivity index (χ2n) is 10.7.